The van der Waals surface area contributed by atoms with E-state index in [9.17, 15) is 9.18 Å². The highest BCUT2D eigenvalue weighted by molar-refractivity contribution is 8.00. The minimum Gasteiger partial charge on any atom is -0.344 e. The van der Waals surface area contributed by atoms with Gasteiger partial charge in [-0.1, -0.05) is 84.6 Å². The van der Waals surface area contributed by atoms with Crippen LogP contribution in [0.2, 0.25) is 0 Å². The molecule has 5 rings (SSSR count). The van der Waals surface area contributed by atoms with Crippen LogP contribution in [0.5, 0.6) is 0 Å². The van der Waals surface area contributed by atoms with Crippen molar-refractivity contribution in [1.29, 1.82) is 0 Å². The summed E-state index contributed by atoms with van der Waals surface area (Å²) in [6, 6.07) is 26.4. The van der Waals surface area contributed by atoms with Gasteiger partial charge in [0.15, 0.2) is 11.0 Å². The van der Waals surface area contributed by atoms with Crippen LogP contribution in [-0.2, 0) is 4.79 Å². The molecule has 1 aliphatic rings. The summed E-state index contributed by atoms with van der Waals surface area (Å²) in [5, 5.41) is 12.1. The summed E-state index contributed by atoms with van der Waals surface area (Å²) in [6.07, 6.45) is 2.00. The van der Waals surface area contributed by atoms with Crippen molar-refractivity contribution >= 4 is 17.7 Å². The van der Waals surface area contributed by atoms with Gasteiger partial charge in [0, 0.05) is 6.04 Å². The predicted molar refractivity (Wildman–Crippen MR) is 132 cm³/mol. The first-order valence-electron chi connectivity index (χ1n) is 11.4. The highest BCUT2D eigenvalue weighted by Crippen LogP contribution is 2.42. The van der Waals surface area contributed by atoms with Crippen molar-refractivity contribution in [1.82, 2.24) is 20.1 Å². The lowest BCUT2D eigenvalue weighted by Gasteiger charge is -2.22. The maximum Gasteiger partial charge on any atom is 0.234 e. The number of rotatable bonds is 8. The summed E-state index contributed by atoms with van der Waals surface area (Å²) in [7, 11) is 0. The number of halogens is 1. The zero-order valence-electron chi connectivity index (χ0n) is 18.8. The van der Waals surface area contributed by atoms with Crippen LogP contribution in [0.1, 0.15) is 43.0 Å². The molecule has 1 saturated carbocycles. The molecule has 1 N–H and O–H groups in total. The van der Waals surface area contributed by atoms with Crippen molar-refractivity contribution in [3.8, 4) is 11.4 Å². The molecule has 1 fully saturated rings. The Morgan fingerprint density at radius 1 is 0.941 bits per heavy atom. The first-order valence-corrected chi connectivity index (χ1v) is 12.3. The second-order valence-corrected chi connectivity index (χ2v) is 9.72. The first-order chi connectivity index (χ1) is 16.6. The third-order valence-electron chi connectivity index (χ3n) is 5.90. The number of hydrogen-bond acceptors (Lipinski definition) is 4. The van der Waals surface area contributed by atoms with Gasteiger partial charge in [-0.05, 0) is 43.0 Å². The molecule has 3 aromatic carbocycles. The molecule has 1 amide bonds. The predicted octanol–water partition coefficient (Wildman–Crippen LogP) is 5.81. The van der Waals surface area contributed by atoms with E-state index in [4.69, 9.17) is 0 Å². The summed E-state index contributed by atoms with van der Waals surface area (Å²) in [4.78, 5) is 13.3. The molecule has 1 atom stereocenters. The van der Waals surface area contributed by atoms with Gasteiger partial charge in [0.05, 0.1) is 16.9 Å². The highest BCUT2D eigenvalue weighted by atomic mass is 32.2. The molecule has 0 aliphatic heterocycles. The van der Waals surface area contributed by atoms with Crippen LogP contribution in [0.25, 0.3) is 11.4 Å². The van der Waals surface area contributed by atoms with Crippen molar-refractivity contribution in [2.75, 3.05) is 0 Å². The Balaban J connectivity index is 1.38. The number of thioether (sulfide) groups is 1. The number of carbonyl (C=O) groups excluding carboxylic acids is 1. The normalized spacial score (nSPS) is 14.2. The monoisotopic (exact) mass is 472 g/mol. The van der Waals surface area contributed by atoms with Gasteiger partial charge in [0.25, 0.3) is 0 Å². The molecular weight excluding hydrogens is 447 g/mol. The number of carbonyl (C=O) groups is 1. The van der Waals surface area contributed by atoms with Crippen LogP contribution in [0.15, 0.2) is 90.1 Å². The largest absolute Gasteiger partial charge is 0.344 e. The van der Waals surface area contributed by atoms with E-state index in [2.05, 4.69) is 15.5 Å². The van der Waals surface area contributed by atoms with E-state index in [0.717, 1.165) is 24.0 Å². The minimum absolute atomic E-state index is 0.0968. The second-order valence-electron chi connectivity index (χ2n) is 8.41. The first kappa shape index (κ1) is 22.3. The third kappa shape index (κ3) is 4.75. The average molecular weight is 473 g/mol. The van der Waals surface area contributed by atoms with E-state index in [1.807, 2.05) is 72.2 Å². The number of nitrogens with one attached hydrogen (secondary N) is 1. The van der Waals surface area contributed by atoms with Gasteiger partial charge in [0.2, 0.25) is 5.91 Å². The summed E-state index contributed by atoms with van der Waals surface area (Å²) in [6.45, 7) is 1.86. The lowest BCUT2D eigenvalue weighted by molar-refractivity contribution is -0.120. The van der Waals surface area contributed by atoms with E-state index in [1.165, 1.54) is 17.8 Å². The smallest absolute Gasteiger partial charge is 0.234 e. The second kappa shape index (κ2) is 9.81. The number of nitrogens with zero attached hydrogens (tertiary/aromatic N) is 3. The molecular formula is C27H25FN4OS. The van der Waals surface area contributed by atoms with Crippen molar-refractivity contribution in [2.45, 2.75) is 42.3 Å². The summed E-state index contributed by atoms with van der Waals surface area (Å²) in [5.74, 6) is 0.0929. The Morgan fingerprint density at radius 2 is 1.53 bits per heavy atom. The molecule has 1 heterocycles. The Morgan fingerprint density at radius 3 is 2.12 bits per heavy atom. The van der Waals surface area contributed by atoms with E-state index >= 15 is 0 Å². The number of amides is 1. The molecule has 0 spiro atoms. The van der Waals surface area contributed by atoms with Crippen LogP contribution < -0.4 is 5.32 Å². The van der Waals surface area contributed by atoms with Crippen LogP contribution in [0.3, 0.4) is 0 Å². The average Bonchev–Trinajstić information content (AvgIpc) is 3.63. The molecule has 0 unspecified atom stereocenters. The summed E-state index contributed by atoms with van der Waals surface area (Å²) >= 11 is 1.36. The molecule has 172 valence electrons. The highest BCUT2D eigenvalue weighted by Gasteiger charge is 2.32. The van der Waals surface area contributed by atoms with Gasteiger partial charge in [-0.2, -0.15) is 0 Å². The Bertz CT molecular complexity index is 1230. The van der Waals surface area contributed by atoms with Gasteiger partial charge < -0.3 is 5.32 Å². The standard InChI is InChI=1S/C27H25FN4OS/c1-18(26(33)29-24(19-10-4-2-5-11-19)20-12-6-3-7-13-20)34-27-31-30-25(32(27)21-16-17-21)22-14-8-9-15-23(22)28/h2-15,18,21,24H,16-17H2,1H3,(H,29,33)/t18-/m1/s1. The number of benzene rings is 3. The maximum absolute atomic E-state index is 14.5. The number of aromatic nitrogens is 3. The minimum atomic E-state index is -0.412. The van der Waals surface area contributed by atoms with Crippen molar-refractivity contribution in [3.05, 3.63) is 102 Å². The van der Waals surface area contributed by atoms with Crippen molar-refractivity contribution in [3.63, 3.8) is 0 Å². The molecule has 5 nitrogen and oxygen atoms in total. The molecule has 0 saturated heterocycles. The lowest BCUT2D eigenvalue weighted by atomic mass is 9.98. The Kier molecular flexibility index (Phi) is 6.45. The van der Waals surface area contributed by atoms with E-state index in [1.54, 1.807) is 18.2 Å². The molecule has 0 radical (unpaired) electrons. The third-order valence-corrected chi connectivity index (χ3v) is 6.95. The van der Waals surface area contributed by atoms with Gasteiger partial charge >= 0.3 is 0 Å². The van der Waals surface area contributed by atoms with E-state index < -0.39 is 5.25 Å². The zero-order valence-corrected chi connectivity index (χ0v) is 19.6. The SMILES string of the molecule is C[C@@H](Sc1nnc(-c2ccccc2F)n1C1CC1)C(=O)NC(c1ccccc1)c1ccccc1. The molecule has 4 aromatic rings. The van der Waals surface area contributed by atoms with Crippen LogP contribution in [0.4, 0.5) is 4.39 Å². The van der Waals surface area contributed by atoms with Crippen LogP contribution >= 0.6 is 11.8 Å². The molecule has 0 bridgehead atoms. The molecule has 1 aromatic heterocycles. The fourth-order valence-electron chi connectivity index (χ4n) is 3.97. The van der Waals surface area contributed by atoms with Gasteiger partial charge in [-0.3, -0.25) is 9.36 Å². The maximum atomic E-state index is 14.5. The number of hydrogen-bond donors (Lipinski definition) is 1. The van der Waals surface area contributed by atoms with Gasteiger partial charge in [-0.15, -0.1) is 10.2 Å². The summed E-state index contributed by atoms with van der Waals surface area (Å²) < 4.78 is 16.4. The molecule has 1 aliphatic carbocycles. The van der Waals surface area contributed by atoms with Gasteiger partial charge in [0.1, 0.15) is 5.82 Å². The molecule has 7 heteroatoms. The molecule has 34 heavy (non-hydrogen) atoms. The van der Waals surface area contributed by atoms with Crippen molar-refractivity contribution in [2.24, 2.45) is 0 Å². The Labute approximate surface area is 202 Å². The van der Waals surface area contributed by atoms with Crippen LogP contribution in [-0.4, -0.2) is 25.9 Å². The van der Waals surface area contributed by atoms with E-state index in [0.29, 0.717) is 16.5 Å². The Hall–Kier alpha value is -3.45. The fourth-order valence-corrected chi connectivity index (χ4v) is 4.90. The topological polar surface area (TPSA) is 59.8 Å². The van der Waals surface area contributed by atoms with Crippen LogP contribution in [0, 0.1) is 5.82 Å². The fraction of sp³-hybridized carbons (Fsp3) is 0.222. The summed E-state index contributed by atoms with van der Waals surface area (Å²) in [5.41, 5.74) is 2.46. The van der Waals surface area contributed by atoms with E-state index in [-0.39, 0.29) is 23.8 Å². The van der Waals surface area contributed by atoms with Crippen molar-refractivity contribution < 1.29 is 9.18 Å². The van der Waals surface area contributed by atoms with Gasteiger partial charge in [-0.25, -0.2) is 4.39 Å². The zero-order chi connectivity index (χ0) is 23.5. The lowest BCUT2D eigenvalue weighted by Crippen LogP contribution is -2.35. The quantitative estimate of drug-likeness (QED) is 0.329.